The summed E-state index contributed by atoms with van der Waals surface area (Å²) in [6, 6.07) is 6.18. The van der Waals surface area contributed by atoms with Gasteiger partial charge in [-0.1, -0.05) is 31.4 Å². The van der Waals surface area contributed by atoms with E-state index in [0.29, 0.717) is 0 Å². The molecular formula is C15H21N5. The molecular weight excluding hydrogens is 250 g/mol. The van der Waals surface area contributed by atoms with Crippen LogP contribution in [-0.4, -0.2) is 20.2 Å². The monoisotopic (exact) mass is 271 g/mol. The van der Waals surface area contributed by atoms with Crippen molar-refractivity contribution in [3.8, 4) is 5.69 Å². The molecule has 0 radical (unpaired) electrons. The molecule has 1 aromatic carbocycles. The fourth-order valence-corrected chi connectivity index (χ4v) is 3.03. The summed E-state index contributed by atoms with van der Waals surface area (Å²) in [6.07, 6.45) is 5.47. The van der Waals surface area contributed by atoms with Gasteiger partial charge in [-0.15, -0.1) is 5.10 Å². The Balaban J connectivity index is 2.08. The summed E-state index contributed by atoms with van der Waals surface area (Å²) in [7, 11) is 0. The van der Waals surface area contributed by atoms with Gasteiger partial charge >= 0.3 is 0 Å². The second-order valence-electron chi connectivity index (χ2n) is 5.85. The van der Waals surface area contributed by atoms with Gasteiger partial charge in [-0.25, -0.2) is 0 Å². The average molecular weight is 271 g/mol. The highest BCUT2D eigenvalue weighted by Crippen LogP contribution is 2.34. The summed E-state index contributed by atoms with van der Waals surface area (Å²) in [4.78, 5) is 0. The molecule has 1 saturated carbocycles. The highest BCUT2D eigenvalue weighted by Gasteiger charge is 2.35. The summed E-state index contributed by atoms with van der Waals surface area (Å²) >= 11 is 0. The molecule has 1 aromatic heterocycles. The first kappa shape index (κ1) is 13.2. The van der Waals surface area contributed by atoms with Crippen LogP contribution in [0.1, 0.15) is 49.1 Å². The molecule has 3 rings (SSSR count). The fraction of sp³-hybridized carbons (Fsp3) is 0.533. The maximum absolute atomic E-state index is 6.59. The first-order valence-electron chi connectivity index (χ1n) is 7.26. The summed E-state index contributed by atoms with van der Waals surface area (Å²) in [5.74, 6) is 0.797. The molecule has 0 bridgehead atoms. The topological polar surface area (TPSA) is 69.6 Å². The van der Waals surface area contributed by atoms with Gasteiger partial charge in [0.1, 0.15) is 0 Å². The molecule has 1 fully saturated rings. The van der Waals surface area contributed by atoms with Gasteiger partial charge in [0.05, 0.1) is 11.2 Å². The van der Waals surface area contributed by atoms with Crippen molar-refractivity contribution >= 4 is 0 Å². The quantitative estimate of drug-likeness (QED) is 0.910. The van der Waals surface area contributed by atoms with E-state index in [1.165, 1.54) is 17.5 Å². The largest absolute Gasteiger partial charge is 0.319 e. The normalized spacial score (nSPS) is 18.1. The lowest BCUT2D eigenvalue weighted by molar-refractivity contribution is 0.282. The van der Waals surface area contributed by atoms with Crippen molar-refractivity contribution in [3.63, 3.8) is 0 Å². The van der Waals surface area contributed by atoms with E-state index in [0.717, 1.165) is 37.2 Å². The van der Waals surface area contributed by atoms with Crippen LogP contribution >= 0.6 is 0 Å². The predicted octanol–water partition coefficient (Wildman–Crippen LogP) is 2.40. The van der Waals surface area contributed by atoms with Crippen molar-refractivity contribution in [2.75, 3.05) is 0 Å². The van der Waals surface area contributed by atoms with Gasteiger partial charge in [0.25, 0.3) is 0 Å². The van der Waals surface area contributed by atoms with Gasteiger partial charge in [-0.3, -0.25) is 0 Å². The van der Waals surface area contributed by atoms with Crippen LogP contribution in [0.15, 0.2) is 18.2 Å². The SMILES string of the molecule is Cc1cccc(-n2nnnc2C2(N)CCCCC2)c1C. The lowest BCUT2D eigenvalue weighted by Gasteiger charge is -2.32. The molecule has 20 heavy (non-hydrogen) atoms. The first-order chi connectivity index (χ1) is 9.62. The summed E-state index contributed by atoms with van der Waals surface area (Å²) in [6.45, 7) is 4.20. The third-order valence-corrected chi connectivity index (χ3v) is 4.46. The first-order valence-corrected chi connectivity index (χ1v) is 7.26. The van der Waals surface area contributed by atoms with Gasteiger partial charge in [-0.2, -0.15) is 4.68 Å². The number of tetrazole rings is 1. The van der Waals surface area contributed by atoms with Crippen molar-refractivity contribution in [2.24, 2.45) is 5.73 Å². The van der Waals surface area contributed by atoms with Crippen molar-refractivity contribution in [1.29, 1.82) is 0 Å². The molecule has 0 saturated heterocycles. The van der Waals surface area contributed by atoms with Crippen molar-refractivity contribution in [2.45, 2.75) is 51.5 Å². The standard InChI is InChI=1S/C15H21N5/c1-11-7-6-8-13(12(11)2)20-14(17-18-19-20)15(16)9-4-3-5-10-15/h6-8H,3-5,9-10,16H2,1-2H3. The van der Waals surface area contributed by atoms with Crippen LogP contribution in [0.2, 0.25) is 0 Å². The number of nitrogens with zero attached hydrogens (tertiary/aromatic N) is 4. The molecule has 1 heterocycles. The van der Waals surface area contributed by atoms with Crippen molar-refractivity contribution < 1.29 is 0 Å². The molecule has 2 N–H and O–H groups in total. The molecule has 0 amide bonds. The fourth-order valence-electron chi connectivity index (χ4n) is 3.03. The Morgan fingerprint density at radius 1 is 1.15 bits per heavy atom. The number of aryl methyl sites for hydroxylation is 1. The van der Waals surface area contributed by atoms with E-state index in [4.69, 9.17) is 5.73 Å². The molecule has 5 nitrogen and oxygen atoms in total. The van der Waals surface area contributed by atoms with Crippen LogP contribution in [0, 0.1) is 13.8 Å². The second kappa shape index (κ2) is 4.98. The Hall–Kier alpha value is -1.75. The van der Waals surface area contributed by atoms with E-state index in [2.05, 4.69) is 35.4 Å². The molecule has 0 aliphatic heterocycles. The highest BCUT2D eigenvalue weighted by atomic mass is 15.5. The minimum atomic E-state index is -0.391. The zero-order chi connectivity index (χ0) is 14.2. The molecule has 5 heteroatoms. The minimum Gasteiger partial charge on any atom is -0.319 e. The van der Waals surface area contributed by atoms with Crippen molar-refractivity contribution in [1.82, 2.24) is 20.2 Å². The summed E-state index contributed by atoms with van der Waals surface area (Å²) in [5.41, 5.74) is 9.65. The second-order valence-corrected chi connectivity index (χ2v) is 5.85. The molecule has 0 spiro atoms. The Labute approximate surface area is 119 Å². The van der Waals surface area contributed by atoms with Gasteiger partial charge in [0.15, 0.2) is 5.82 Å². The number of nitrogens with two attached hydrogens (primary N) is 1. The van der Waals surface area contributed by atoms with Crippen LogP contribution in [0.5, 0.6) is 0 Å². The molecule has 2 aromatic rings. The average Bonchev–Trinajstić information content (AvgIpc) is 2.93. The third kappa shape index (κ3) is 2.12. The Morgan fingerprint density at radius 3 is 2.65 bits per heavy atom. The number of aromatic nitrogens is 4. The van der Waals surface area contributed by atoms with Crippen molar-refractivity contribution in [3.05, 3.63) is 35.2 Å². The van der Waals surface area contributed by atoms with Gasteiger partial charge < -0.3 is 5.73 Å². The maximum Gasteiger partial charge on any atom is 0.176 e. The van der Waals surface area contributed by atoms with Crippen LogP contribution in [0.3, 0.4) is 0 Å². The van der Waals surface area contributed by atoms with Gasteiger partial charge in [0, 0.05) is 0 Å². The molecule has 0 atom stereocenters. The van der Waals surface area contributed by atoms with E-state index < -0.39 is 5.54 Å². The van der Waals surface area contributed by atoms with E-state index in [9.17, 15) is 0 Å². The van der Waals surface area contributed by atoms with Crippen LogP contribution < -0.4 is 5.73 Å². The number of rotatable bonds is 2. The minimum absolute atomic E-state index is 0.391. The lowest BCUT2D eigenvalue weighted by Crippen LogP contribution is -2.41. The van der Waals surface area contributed by atoms with Crippen LogP contribution in [-0.2, 0) is 5.54 Å². The Morgan fingerprint density at radius 2 is 1.90 bits per heavy atom. The molecule has 106 valence electrons. The smallest absolute Gasteiger partial charge is 0.176 e. The maximum atomic E-state index is 6.59. The highest BCUT2D eigenvalue weighted by molar-refractivity contribution is 5.44. The number of hydrogen-bond acceptors (Lipinski definition) is 4. The van der Waals surface area contributed by atoms with Crippen LogP contribution in [0.4, 0.5) is 0 Å². The molecule has 1 aliphatic carbocycles. The number of benzene rings is 1. The van der Waals surface area contributed by atoms with Gasteiger partial charge in [-0.05, 0) is 54.3 Å². The third-order valence-electron chi connectivity index (χ3n) is 4.46. The predicted molar refractivity (Wildman–Crippen MR) is 77.6 cm³/mol. The Bertz CT molecular complexity index is 610. The zero-order valence-electron chi connectivity index (χ0n) is 12.1. The Kier molecular flexibility index (Phi) is 3.30. The zero-order valence-corrected chi connectivity index (χ0v) is 12.1. The molecule has 0 unspecified atom stereocenters. The van der Waals surface area contributed by atoms with Gasteiger partial charge in [0.2, 0.25) is 0 Å². The van der Waals surface area contributed by atoms with E-state index in [1.807, 2.05) is 16.8 Å². The summed E-state index contributed by atoms with van der Waals surface area (Å²) in [5, 5.41) is 12.3. The van der Waals surface area contributed by atoms with Crippen LogP contribution in [0.25, 0.3) is 5.69 Å². The van der Waals surface area contributed by atoms with E-state index in [-0.39, 0.29) is 0 Å². The van der Waals surface area contributed by atoms with E-state index >= 15 is 0 Å². The number of hydrogen-bond donors (Lipinski definition) is 1. The summed E-state index contributed by atoms with van der Waals surface area (Å²) < 4.78 is 1.83. The molecule has 1 aliphatic rings. The lowest BCUT2D eigenvalue weighted by atomic mass is 9.82. The van der Waals surface area contributed by atoms with E-state index in [1.54, 1.807) is 0 Å².